The highest BCUT2D eigenvalue weighted by Gasteiger charge is 2.25. The SMILES string of the molecule is CCCC(=O)Oc1cccc(/C=C2\N=C(c3ccc(Cl)cc3Cl)OC2=O)c1. The smallest absolute Gasteiger partial charge is 0.363 e. The van der Waals surface area contributed by atoms with E-state index in [0.717, 1.165) is 0 Å². The summed E-state index contributed by atoms with van der Waals surface area (Å²) in [7, 11) is 0. The van der Waals surface area contributed by atoms with Gasteiger partial charge in [-0.3, -0.25) is 4.79 Å². The molecule has 0 N–H and O–H groups in total. The second-order valence-electron chi connectivity index (χ2n) is 5.76. The molecule has 0 fully saturated rings. The van der Waals surface area contributed by atoms with Crippen LogP contribution in [-0.4, -0.2) is 17.8 Å². The molecule has 5 nitrogen and oxygen atoms in total. The number of benzene rings is 2. The number of hydrogen-bond acceptors (Lipinski definition) is 5. The normalized spacial score (nSPS) is 14.9. The molecule has 0 saturated carbocycles. The number of ether oxygens (including phenoxy) is 2. The first-order valence-corrected chi connectivity index (χ1v) is 9.00. The molecule has 0 amide bonds. The van der Waals surface area contributed by atoms with Gasteiger partial charge in [0.25, 0.3) is 0 Å². The van der Waals surface area contributed by atoms with Crippen LogP contribution in [0.1, 0.15) is 30.9 Å². The van der Waals surface area contributed by atoms with Gasteiger partial charge >= 0.3 is 11.9 Å². The lowest BCUT2D eigenvalue weighted by atomic mass is 10.2. The van der Waals surface area contributed by atoms with Crippen molar-refractivity contribution in [3.05, 3.63) is 69.3 Å². The van der Waals surface area contributed by atoms with Crippen molar-refractivity contribution in [1.29, 1.82) is 0 Å². The van der Waals surface area contributed by atoms with Crippen LogP contribution in [0.3, 0.4) is 0 Å². The molecule has 7 heteroatoms. The van der Waals surface area contributed by atoms with Crippen LogP contribution in [-0.2, 0) is 14.3 Å². The van der Waals surface area contributed by atoms with Gasteiger partial charge in [0.15, 0.2) is 5.70 Å². The van der Waals surface area contributed by atoms with Crippen molar-refractivity contribution >= 4 is 47.1 Å². The van der Waals surface area contributed by atoms with Gasteiger partial charge in [-0.15, -0.1) is 0 Å². The second-order valence-corrected chi connectivity index (χ2v) is 6.60. The van der Waals surface area contributed by atoms with Crippen molar-refractivity contribution < 1.29 is 19.1 Å². The topological polar surface area (TPSA) is 65.0 Å². The zero-order valence-electron chi connectivity index (χ0n) is 14.4. The number of halogens is 2. The molecule has 0 spiro atoms. The Morgan fingerprint density at radius 3 is 2.78 bits per heavy atom. The minimum Gasteiger partial charge on any atom is -0.427 e. The van der Waals surface area contributed by atoms with E-state index in [9.17, 15) is 9.59 Å². The summed E-state index contributed by atoms with van der Waals surface area (Å²) in [6, 6.07) is 11.6. The van der Waals surface area contributed by atoms with Crippen LogP contribution in [0.2, 0.25) is 10.0 Å². The third-order valence-electron chi connectivity index (χ3n) is 3.63. The fraction of sp³-hybridized carbons (Fsp3) is 0.150. The zero-order chi connectivity index (χ0) is 19.4. The first-order chi connectivity index (χ1) is 13.0. The lowest BCUT2D eigenvalue weighted by Gasteiger charge is -2.04. The van der Waals surface area contributed by atoms with Crippen LogP contribution < -0.4 is 4.74 Å². The van der Waals surface area contributed by atoms with Crippen molar-refractivity contribution in [2.75, 3.05) is 0 Å². The molecular weight excluding hydrogens is 389 g/mol. The van der Waals surface area contributed by atoms with E-state index in [0.29, 0.717) is 39.8 Å². The Balaban J connectivity index is 1.85. The summed E-state index contributed by atoms with van der Waals surface area (Å²) >= 11 is 12.0. The maximum atomic E-state index is 12.1. The molecule has 138 valence electrons. The van der Waals surface area contributed by atoms with E-state index >= 15 is 0 Å². The third-order valence-corrected chi connectivity index (χ3v) is 4.18. The molecule has 1 aliphatic rings. The van der Waals surface area contributed by atoms with Gasteiger partial charge in [-0.05, 0) is 48.4 Å². The van der Waals surface area contributed by atoms with Crippen molar-refractivity contribution in [2.24, 2.45) is 4.99 Å². The van der Waals surface area contributed by atoms with E-state index in [2.05, 4.69) is 4.99 Å². The van der Waals surface area contributed by atoms with Gasteiger partial charge in [-0.25, -0.2) is 9.79 Å². The average molecular weight is 404 g/mol. The highest BCUT2D eigenvalue weighted by molar-refractivity contribution is 6.37. The number of carbonyl (C=O) groups is 2. The first kappa shape index (κ1) is 19.1. The van der Waals surface area contributed by atoms with Crippen molar-refractivity contribution in [3.63, 3.8) is 0 Å². The molecule has 27 heavy (non-hydrogen) atoms. The summed E-state index contributed by atoms with van der Waals surface area (Å²) in [5.41, 5.74) is 1.24. The van der Waals surface area contributed by atoms with E-state index in [-0.39, 0.29) is 17.6 Å². The Hall–Kier alpha value is -2.63. The highest BCUT2D eigenvalue weighted by atomic mass is 35.5. The molecular formula is C20H15Cl2NO4. The lowest BCUT2D eigenvalue weighted by molar-refractivity contribution is -0.134. The summed E-state index contributed by atoms with van der Waals surface area (Å²) < 4.78 is 10.5. The summed E-state index contributed by atoms with van der Waals surface area (Å²) in [5, 5.41) is 0.805. The van der Waals surface area contributed by atoms with Gasteiger partial charge in [0, 0.05) is 11.4 Å². The van der Waals surface area contributed by atoms with Gasteiger partial charge < -0.3 is 9.47 Å². The maximum absolute atomic E-state index is 12.1. The molecule has 2 aromatic carbocycles. The van der Waals surface area contributed by atoms with Gasteiger partial charge in [-0.2, -0.15) is 0 Å². The molecule has 0 saturated heterocycles. The number of cyclic esters (lactones) is 1. The number of nitrogens with zero attached hydrogens (tertiary/aromatic N) is 1. The molecule has 0 bridgehead atoms. The number of carbonyl (C=O) groups excluding carboxylic acids is 2. The average Bonchev–Trinajstić information content (AvgIpc) is 2.95. The van der Waals surface area contributed by atoms with Gasteiger partial charge in [0.2, 0.25) is 5.90 Å². The predicted molar refractivity (Wildman–Crippen MR) is 104 cm³/mol. The molecule has 0 aromatic heterocycles. The molecule has 0 radical (unpaired) electrons. The maximum Gasteiger partial charge on any atom is 0.363 e. The number of rotatable bonds is 5. The van der Waals surface area contributed by atoms with Crippen LogP contribution in [0.25, 0.3) is 6.08 Å². The van der Waals surface area contributed by atoms with Crippen LogP contribution in [0.5, 0.6) is 5.75 Å². The van der Waals surface area contributed by atoms with Gasteiger partial charge in [0.1, 0.15) is 5.75 Å². The molecule has 1 heterocycles. The lowest BCUT2D eigenvalue weighted by Crippen LogP contribution is -2.06. The monoisotopic (exact) mass is 403 g/mol. The van der Waals surface area contributed by atoms with E-state index in [1.807, 2.05) is 6.92 Å². The zero-order valence-corrected chi connectivity index (χ0v) is 15.9. The standard InChI is InChI=1S/C20H15Cl2NO4/c1-2-4-18(24)26-14-6-3-5-12(9-14)10-17-20(25)27-19(23-17)15-8-7-13(21)11-16(15)22/h3,5-11H,2,4H2,1H3/b17-10-. The summed E-state index contributed by atoms with van der Waals surface area (Å²) in [5.74, 6) is -0.387. The number of hydrogen-bond donors (Lipinski definition) is 0. The molecule has 3 rings (SSSR count). The Labute approximate surface area is 166 Å². The van der Waals surface area contributed by atoms with Crippen LogP contribution >= 0.6 is 23.2 Å². The predicted octanol–water partition coefficient (Wildman–Crippen LogP) is 5.04. The van der Waals surface area contributed by atoms with E-state index in [1.165, 1.54) is 0 Å². The highest BCUT2D eigenvalue weighted by Crippen LogP contribution is 2.26. The van der Waals surface area contributed by atoms with Crippen LogP contribution in [0.4, 0.5) is 0 Å². The Morgan fingerprint density at radius 1 is 1.22 bits per heavy atom. The summed E-state index contributed by atoms with van der Waals surface area (Å²) in [6.45, 7) is 1.90. The van der Waals surface area contributed by atoms with E-state index in [4.69, 9.17) is 32.7 Å². The van der Waals surface area contributed by atoms with E-state index < -0.39 is 5.97 Å². The van der Waals surface area contributed by atoms with Crippen molar-refractivity contribution in [3.8, 4) is 5.75 Å². The van der Waals surface area contributed by atoms with Crippen LogP contribution in [0.15, 0.2) is 53.2 Å². The number of aliphatic imine (C=N–C) groups is 1. The fourth-order valence-corrected chi connectivity index (χ4v) is 2.89. The molecule has 2 aromatic rings. The number of esters is 2. The third kappa shape index (κ3) is 4.76. The van der Waals surface area contributed by atoms with Crippen molar-refractivity contribution in [2.45, 2.75) is 19.8 Å². The van der Waals surface area contributed by atoms with Crippen molar-refractivity contribution in [1.82, 2.24) is 0 Å². The van der Waals surface area contributed by atoms with Gasteiger partial charge in [-0.1, -0.05) is 42.3 Å². The van der Waals surface area contributed by atoms with Crippen LogP contribution in [0, 0.1) is 0 Å². The molecule has 1 aliphatic heterocycles. The molecule has 0 unspecified atom stereocenters. The molecule has 0 aliphatic carbocycles. The quantitative estimate of drug-likeness (QED) is 0.398. The minimum absolute atomic E-state index is 0.110. The first-order valence-electron chi connectivity index (χ1n) is 8.25. The van der Waals surface area contributed by atoms with Gasteiger partial charge in [0.05, 0.1) is 10.6 Å². The Morgan fingerprint density at radius 2 is 2.04 bits per heavy atom. The Bertz CT molecular complexity index is 966. The van der Waals surface area contributed by atoms with E-state index in [1.54, 1.807) is 48.5 Å². The second kappa shape index (κ2) is 8.37. The summed E-state index contributed by atoms with van der Waals surface area (Å²) in [4.78, 5) is 28.0. The summed E-state index contributed by atoms with van der Waals surface area (Å²) in [6.07, 6.45) is 2.60. The largest absolute Gasteiger partial charge is 0.427 e. The molecule has 0 atom stereocenters. The fourth-order valence-electron chi connectivity index (χ4n) is 2.40. The minimum atomic E-state index is -0.593. The Kier molecular flexibility index (Phi) is 5.94.